The fraction of sp³-hybridized carbons (Fsp3) is 0.632. The van der Waals surface area contributed by atoms with Gasteiger partial charge in [-0.25, -0.2) is 0 Å². The van der Waals surface area contributed by atoms with E-state index in [1.54, 1.807) is 0 Å². The third kappa shape index (κ3) is 3.62. The number of amides is 1. The van der Waals surface area contributed by atoms with Crippen LogP contribution in [-0.2, 0) is 26.3 Å². The maximum atomic E-state index is 12.2. The summed E-state index contributed by atoms with van der Waals surface area (Å²) in [4.78, 5) is 25.1. The van der Waals surface area contributed by atoms with Crippen LogP contribution >= 0.6 is 11.3 Å². The van der Waals surface area contributed by atoms with Crippen LogP contribution in [0.15, 0.2) is 0 Å². The van der Waals surface area contributed by atoms with E-state index in [4.69, 9.17) is 4.74 Å². The number of fused-ring (bicyclic) bond motifs is 1. The molecule has 1 aliphatic carbocycles. The van der Waals surface area contributed by atoms with Crippen LogP contribution in [-0.4, -0.2) is 24.0 Å². The van der Waals surface area contributed by atoms with Gasteiger partial charge in [0.1, 0.15) is 16.6 Å². The van der Waals surface area contributed by atoms with Crippen LogP contribution in [0.25, 0.3) is 0 Å². The molecule has 0 saturated heterocycles. The van der Waals surface area contributed by atoms with Crippen molar-refractivity contribution in [3.8, 4) is 6.07 Å². The molecular weight excluding hydrogens is 350 g/mol. The summed E-state index contributed by atoms with van der Waals surface area (Å²) < 4.78 is 5.08. The van der Waals surface area contributed by atoms with E-state index >= 15 is 0 Å². The molecular formula is C19H26N3O3S+. The average molecular weight is 377 g/mol. The number of ether oxygens (including phenoxy) is 1. The zero-order chi connectivity index (χ0) is 19.3. The predicted molar refractivity (Wildman–Crippen MR) is 98.6 cm³/mol. The largest absolute Gasteiger partial charge is 0.455 e. The molecule has 3 rings (SSSR count). The van der Waals surface area contributed by atoms with Crippen molar-refractivity contribution >= 4 is 28.2 Å². The Bertz CT molecular complexity index is 804. The van der Waals surface area contributed by atoms with E-state index in [9.17, 15) is 14.9 Å². The molecule has 0 spiro atoms. The van der Waals surface area contributed by atoms with E-state index < -0.39 is 5.91 Å². The molecule has 6 nitrogen and oxygen atoms in total. The van der Waals surface area contributed by atoms with Gasteiger partial charge in [0.25, 0.3) is 5.91 Å². The van der Waals surface area contributed by atoms with Crippen molar-refractivity contribution in [1.82, 2.24) is 0 Å². The van der Waals surface area contributed by atoms with Gasteiger partial charge in [-0.1, -0.05) is 6.92 Å². The third-order valence-corrected chi connectivity index (χ3v) is 6.59. The first-order valence-electron chi connectivity index (χ1n) is 8.94. The minimum atomic E-state index is -0.400. The Morgan fingerprint density at radius 2 is 2.04 bits per heavy atom. The lowest BCUT2D eigenvalue weighted by molar-refractivity contribution is -0.789. The highest BCUT2D eigenvalue weighted by Crippen LogP contribution is 2.42. The normalized spacial score (nSPS) is 24.9. The Kier molecular flexibility index (Phi) is 4.62. The van der Waals surface area contributed by atoms with Crippen LogP contribution in [0.3, 0.4) is 0 Å². The SMILES string of the molecule is C[C@H]1C[C@@H]1C(=O)OCC(=O)Nc1sc2c(c1C#N)CC(C)(C)[NH2+]C2(C)C. The van der Waals surface area contributed by atoms with Crippen LogP contribution in [0.1, 0.15) is 57.0 Å². The third-order valence-electron chi connectivity index (χ3n) is 5.10. The number of hydrogen-bond donors (Lipinski definition) is 2. The van der Waals surface area contributed by atoms with Gasteiger partial charge in [-0.2, -0.15) is 5.26 Å². The minimum Gasteiger partial charge on any atom is -0.455 e. The number of thiophene rings is 1. The number of nitriles is 1. The topological polar surface area (TPSA) is 95.8 Å². The van der Waals surface area contributed by atoms with Gasteiger partial charge in [0.2, 0.25) is 0 Å². The van der Waals surface area contributed by atoms with Gasteiger partial charge in [0.15, 0.2) is 6.61 Å². The van der Waals surface area contributed by atoms with Crippen LogP contribution in [0, 0.1) is 23.2 Å². The number of nitrogens with zero attached hydrogens (tertiary/aromatic N) is 1. The standard InChI is InChI=1S/C19H25N3O3S/c1-10-6-11(10)17(24)25-9-14(23)21-16-13(8-20)12-7-18(2,3)22-19(4,5)15(12)26-16/h10-11,22H,6-7,9H2,1-5H3,(H,21,23)/p+1/t10-,11-/m0/s1. The predicted octanol–water partition coefficient (Wildman–Crippen LogP) is 1.89. The second-order valence-electron chi connectivity index (χ2n) is 8.73. The van der Waals surface area contributed by atoms with Crippen molar-refractivity contribution in [3.05, 3.63) is 16.0 Å². The van der Waals surface area contributed by atoms with Crippen molar-refractivity contribution < 1.29 is 19.6 Å². The molecule has 0 radical (unpaired) electrons. The Balaban J connectivity index is 1.75. The molecule has 2 atom stereocenters. The Labute approximate surface area is 157 Å². The highest BCUT2D eigenvalue weighted by atomic mass is 32.1. The Morgan fingerprint density at radius 3 is 2.62 bits per heavy atom. The number of nitrogens with two attached hydrogens (primary N) is 1. The molecule has 0 aromatic carbocycles. The average Bonchev–Trinajstić information content (AvgIpc) is 3.14. The van der Waals surface area contributed by atoms with Crippen LogP contribution in [0.2, 0.25) is 0 Å². The van der Waals surface area contributed by atoms with Crippen molar-refractivity contribution in [2.75, 3.05) is 11.9 Å². The monoisotopic (exact) mass is 376 g/mol. The van der Waals surface area contributed by atoms with Gasteiger partial charge in [0.05, 0.1) is 21.9 Å². The summed E-state index contributed by atoms with van der Waals surface area (Å²) in [5.74, 6) is -0.425. The zero-order valence-electron chi connectivity index (χ0n) is 15.9. The molecule has 3 N–H and O–H groups in total. The first-order valence-corrected chi connectivity index (χ1v) is 9.75. The van der Waals surface area contributed by atoms with E-state index in [-0.39, 0.29) is 29.6 Å². The number of esters is 1. The van der Waals surface area contributed by atoms with Crippen LogP contribution < -0.4 is 10.6 Å². The molecule has 1 aromatic rings. The number of anilines is 1. The van der Waals surface area contributed by atoms with E-state index in [1.807, 2.05) is 6.92 Å². The molecule has 1 saturated carbocycles. The quantitative estimate of drug-likeness (QED) is 0.785. The summed E-state index contributed by atoms with van der Waals surface area (Å²) >= 11 is 1.45. The molecule has 26 heavy (non-hydrogen) atoms. The van der Waals surface area contributed by atoms with Gasteiger partial charge < -0.3 is 15.4 Å². The number of hydrogen-bond acceptors (Lipinski definition) is 5. The Hall–Kier alpha value is -1.91. The molecule has 1 aromatic heterocycles. The maximum absolute atomic E-state index is 12.2. The van der Waals surface area contributed by atoms with Crippen molar-refractivity contribution in [2.45, 2.75) is 58.5 Å². The molecule has 7 heteroatoms. The highest BCUT2D eigenvalue weighted by Gasteiger charge is 2.44. The molecule has 0 bridgehead atoms. The maximum Gasteiger partial charge on any atom is 0.309 e. The lowest BCUT2D eigenvalue weighted by atomic mass is 9.81. The summed E-state index contributed by atoms with van der Waals surface area (Å²) in [5, 5.41) is 15.3. The van der Waals surface area contributed by atoms with Crippen LogP contribution in [0.4, 0.5) is 5.00 Å². The summed E-state index contributed by atoms with van der Waals surface area (Å²) in [7, 11) is 0. The minimum absolute atomic E-state index is 0.0130. The molecule has 2 heterocycles. The Morgan fingerprint density at radius 1 is 1.38 bits per heavy atom. The van der Waals surface area contributed by atoms with Gasteiger partial charge in [-0.05, 0) is 45.6 Å². The molecule has 1 fully saturated rings. The molecule has 1 aliphatic heterocycles. The van der Waals surface area contributed by atoms with Gasteiger partial charge in [-0.15, -0.1) is 11.3 Å². The zero-order valence-corrected chi connectivity index (χ0v) is 16.8. The summed E-state index contributed by atoms with van der Waals surface area (Å²) in [6.07, 6.45) is 1.60. The number of rotatable bonds is 4. The lowest BCUT2D eigenvalue weighted by Crippen LogP contribution is -3.03. The van der Waals surface area contributed by atoms with Gasteiger partial charge >= 0.3 is 5.97 Å². The van der Waals surface area contributed by atoms with Crippen molar-refractivity contribution in [2.24, 2.45) is 11.8 Å². The van der Waals surface area contributed by atoms with Crippen LogP contribution in [0.5, 0.6) is 0 Å². The van der Waals surface area contributed by atoms with Crippen molar-refractivity contribution in [3.63, 3.8) is 0 Å². The summed E-state index contributed by atoms with van der Waals surface area (Å²) in [6.45, 7) is 10.3. The van der Waals surface area contributed by atoms with Crippen molar-refractivity contribution in [1.29, 1.82) is 5.26 Å². The molecule has 0 unspecified atom stereocenters. The molecule has 2 aliphatic rings. The summed E-state index contributed by atoms with van der Waals surface area (Å²) in [5.41, 5.74) is 1.38. The smallest absolute Gasteiger partial charge is 0.309 e. The summed E-state index contributed by atoms with van der Waals surface area (Å²) in [6, 6.07) is 2.26. The lowest BCUT2D eigenvalue weighted by Gasteiger charge is -2.38. The second-order valence-corrected chi connectivity index (χ2v) is 9.75. The fourth-order valence-corrected chi connectivity index (χ4v) is 5.23. The number of carbonyl (C=O) groups is 2. The number of quaternary nitrogens is 1. The van der Waals surface area contributed by atoms with E-state index in [0.717, 1.165) is 23.3 Å². The molecule has 140 valence electrons. The highest BCUT2D eigenvalue weighted by molar-refractivity contribution is 7.16. The second kappa shape index (κ2) is 6.36. The number of nitrogens with one attached hydrogen (secondary N) is 1. The first kappa shape index (κ1) is 18.9. The first-order chi connectivity index (χ1) is 12.0. The molecule has 1 amide bonds. The van der Waals surface area contributed by atoms with Gasteiger partial charge in [-0.3, -0.25) is 9.59 Å². The number of carbonyl (C=O) groups excluding carboxylic acids is 2. The van der Waals surface area contributed by atoms with Gasteiger partial charge in [0, 0.05) is 6.42 Å². The van der Waals surface area contributed by atoms with E-state index in [1.165, 1.54) is 11.3 Å². The van der Waals surface area contributed by atoms with E-state index in [2.05, 4.69) is 44.4 Å². The van der Waals surface area contributed by atoms with E-state index in [0.29, 0.717) is 16.5 Å². The fourth-order valence-electron chi connectivity index (χ4n) is 3.97.